The minimum Gasteiger partial charge on any atom is -0.345 e. The monoisotopic (exact) mass is 285 g/mol. The molecule has 8 heteroatoms. The van der Waals surface area contributed by atoms with Crippen molar-refractivity contribution in [3.8, 4) is 0 Å². The molecule has 1 aromatic rings. The van der Waals surface area contributed by atoms with Gasteiger partial charge < -0.3 is 5.32 Å². The quantitative estimate of drug-likeness (QED) is 0.779. The second-order valence-corrected chi connectivity index (χ2v) is 4.46. The third kappa shape index (κ3) is 3.47. The molecule has 6 nitrogen and oxygen atoms in total. The first kappa shape index (κ1) is 14.3. The molecule has 2 amide bonds. The van der Waals surface area contributed by atoms with Crippen molar-refractivity contribution in [2.75, 3.05) is 0 Å². The van der Waals surface area contributed by atoms with Crippen molar-refractivity contribution >= 4 is 11.8 Å². The van der Waals surface area contributed by atoms with Crippen LogP contribution in [-0.4, -0.2) is 34.9 Å². The average Bonchev–Trinajstić information content (AvgIpc) is 3.03. The van der Waals surface area contributed by atoms with Crippen LogP contribution in [0.1, 0.15) is 23.7 Å². The first-order valence-electron chi connectivity index (χ1n) is 5.94. The second kappa shape index (κ2) is 5.49. The summed E-state index contributed by atoms with van der Waals surface area (Å²) in [4.78, 5) is 31.7. The average molecular weight is 285 g/mol. The number of alkyl halides is 2. The molecule has 0 radical (unpaired) electrons. The van der Waals surface area contributed by atoms with Crippen LogP contribution in [0.3, 0.4) is 0 Å². The molecule has 2 atom stereocenters. The van der Waals surface area contributed by atoms with Gasteiger partial charge in [0.2, 0.25) is 0 Å². The summed E-state index contributed by atoms with van der Waals surface area (Å²) >= 11 is 0. The zero-order valence-electron chi connectivity index (χ0n) is 10.6. The highest BCUT2D eigenvalue weighted by Crippen LogP contribution is 2.41. The van der Waals surface area contributed by atoms with Crippen molar-refractivity contribution in [1.29, 1.82) is 0 Å². The molecule has 1 heterocycles. The van der Waals surface area contributed by atoms with Crippen LogP contribution in [0.25, 0.3) is 0 Å². The highest BCUT2D eigenvalue weighted by Gasteiger charge is 2.58. The predicted octanol–water partition coefficient (Wildman–Crippen LogP) is 0.655. The number of halogens is 2. The number of amides is 2. The van der Waals surface area contributed by atoms with E-state index in [1.807, 2.05) is 0 Å². The number of pyridine rings is 1. The van der Waals surface area contributed by atoms with E-state index in [4.69, 9.17) is 4.84 Å². The van der Waals surface area contributed by atoms with Crippen molar-refractivity contribution in [2.24, 2.45) is 0 Å². The van der Waals surface area contributed by atoms with Gasteiger partial charge in [0.05, 0.1) is 11.6 Å². The number of carbonyl (C=O) groups excluding carboxylic acids is 2. The molecule has 2 unspecified atom stereocenters. The third-order valence-corrected chi connectivity index (χ3v) is 2.76. The van der Waals surface area contributed by atoms with Crippen molar-refractivity contribution in [3.63, 3.8) is 0 Å². The molecule has 1 fully saturated rings. The van der Waals surface area contributed by atoms with Gasteiger partial charge in [0.1, 0.15) is 0 Å². The number of aromatic nitrogens is 1. The molecule has 0 saturated heterocycles. The Kier molecular flexibility index (Phi) is 3.93. The molecule has 1 aliphatic carbocycles. The molecular weight excluding hydrogens is 272 g/mol. The van der Waals surface area contributed by atoms with E-state index in [1.165, 1.54) is 25.4 Å². The number of hydrogen-bond acceptors (Lipinski definition) is 4. The highest BCUT2D eigenvalue weighted by molar-refractivity contribution is 5.93. The van der Waals surface area contributed by atoms with Crippen LogP contribution in [0.4, 0.5) is 8.78 Å². The Morgan fingerprint density at radius 2 is 2.25 bits per heavy atom. The van der Waals surface area contributed by atoms with Crippen molar-refractivity contribution in [1.82, 2.24) is 15.8 Å². The molecule has 1 aliphatic rings. The lowest BCUT2D eigenvalue weighted by molar-refractivity contribution is -0.135. The number of hydrogen-bond donors (Lipinski definition) is 2. The van der Waals surface area contributed by atoms with Gasteiger partial charge >= 0.3 is 0 Å². The molecule has 0 aromatic carbocycles. The van der Waals surface area contributed by atoms with Gasteiger partial charge in [-0.2, -0.15) is 0 Å². The molecule has 1 aromatic heterocycles. The Labute approximate surface area is 113 Å². The second-order valence-electron chi connectivity index (χ2n) is 4.46. The van der Waals surface area contributed by atoms with E-state index in [-0.39, 0.29) is 12.0 Å². The van der Waals surface area contributed by atoms with Gasteiger partial charge in [-0.15, -0.1) is 0 Å². The molecule has 1 saturated carbocycles. The van der Waals surface area contributed by atoms with Gasteiger partial charge in [0.25, 0.3) is 17.7 Å². The van der Waals surface area contributed by atoms with E-state index in [2.05, 4.69) is 15.8 Å². The zero-order chi connectivity index (χ0) is 14.8. The van der Waals surface area contributed by atoms with Gasteiger partial charge in [-0.25, -0.2) is 14.3 Å². The van der Waals surface area contributed by atoms with E-state index >= 15 is 0 Å². The van der Waals surface area contributed by atoms with Gasteiger partial charge in [0.15, 0.2) is 6.10 Å². The normalized spacial score (nSPS) is 20.9. The lowest BCUT2D eigenvalue weighted by atomic mass is 10.3. The maximum Gasteiger partial charge on any atom is 0.276 e. The minimum absolute atomic E-state index is 0.258. The fourth-order valence-electron chi connectivity index (χ4n) is 1.41. The van der Waals surface area contributed by atoms with E-state index in [1.54, 1.807) is 6.07 Å². The largest absolute Gasteiger partial charge is 0.345 e. The number of nitrogens with zero attached hydrogens (tertiary/aromatic N) is 1. The Morgan fingerprint density at radius 1 is 1.55 bits per heavy atom. The molecule has 2 rings (SSSR count). The number of nitrogens with one attached hydrogen (secondary N) is 2. The van der Waals surface area contributed by atoms with Crippen LogP contribution in [0, 0.1) is 0 Å². The number of hydroxylamine groups is 1. The van der Waals surface area contributed by atoms with Crippen LogP contribution in [0.15, 0.2) is 24.5 Å². The highest BCUT2D eigenvalue weighted by atomic mass is 19.3. The van der Waals surface area contributed by atoms with Gasteiger partial charge in [-0.3, -0.25) is 19.4 Å². The van der Waals surface area contributed by atoms with Crippen molar-refractivity contribution < 1.29 is 23.2 Å². The van der Waals surface area contributed by atoms with Crippen LogP contribution in [-0.2, 0) is 9.63 Å². The van der Waals surface area contributed by atoms with Crippen LogP contribution in [0.2, 0.25) is 0 Å². The molecule has 20 heavy (non-hydrogen) atoms. The molecule has 2 N–H and O–H groups in total. The van der Waals surface area contributed by atoms with Gasteiger partial charge in [-0.1, -0.05) is 0 Å². The number of rotatable bonds is 5. The van der Waals surface area contributed by atoms with Crippen molar-refractivity contribution in [3.05, 3.63) is 30.1 Å². The molecule has 0 aliphatic heterocycles. The smallest absolute Gasteiger partial charge is 0.276 e. The minimum atomic E-state index is -2.84. The van der Waals surface area contributed by atoms with Crippen molar-refractivity contribution in [2.45, 2.75) is 31.4 Å². The Bertz CT molecular complexity index is 510. The summed E-state index contributed by atoms with van der Waals surface area (Å²) in [6.07, 6.45) is 1.39. The zero-order valence-corrected chi connectivity index (χ0v) is 10.6. The maximum absolute atomic E-state index is 12.6. The molecular formula is C12H13F2N3O3. The van der Waals surface area contributed by atoms with E-state index in [0.29, 0.717) is 0 Å². The fourth-order valence-corrected chi connectivity index (χ4v) is 1.41. The van der Waals surface area contributed by atoms with E-state index in [9.17, 15) is 18.4 Å². The third-order valence-electron chi connectivity index (χ3n) is 2.76. The Morgan fingerprint density at radius 3 is 2.80 bits per heavy atom. The Hall–Kier alpha value is -2.09. The summed E-state index contributed by atoms with van der Waals surface area (Å²) < 4.78 is 25.2. The Balaban J connectivity index is 1.76. The van der Waals surface area contributed by atoms with Crippen LogP contribution < -0.4 is 10.8 Å². The summed E-state index contributed by atoms with van der Waals surface area (Å²) in [5, 5.41) is 2.13. The SMILES string of the molecule is CC(ONC(=O)c1cccnc1)C(=O)NC1CC1(F)F. The summed E-state index contributed by atoms with van der Waals surface area (Å²) in [6, 6.07) is 1.94. The fraction of sp³-hybridized carbons (Fsp3) is 0.417. The van der Waals surface area contributed by atoms with Gasteiger partial charge in [0, 0.05) is 18.8 Å². The van der Waals surface area contributed by atoms with Crippen LogP contribution in [0.5, 0.6) is 0 Å². The standard InChI is InChI=1S/C12H13F2N3O3/c1-7(10(18)16-9-5-12(9,13)14)20-17-11(19)8-3-2-4-15-6-8/h2-4,6-7,9H,5H2,1H3,(H,16,18)(H,17,19). The van der Waals surface area contributed by atoms with Crippen LogP contribution >= 0.6 is 0 Å². The summed E-state index contributed by atoms with van der Waals surface area (Å²) in [5.41, 5.74) is 2.32. The first-order valence-corrected chi connectivity index (χ1v) is 5.94. The molecule has 0 bridgehead atoms. The molecule has 0 spiro atoms. The summed E-state index contributed by atoms with van der Waals surface area (Å²) in [7, 11) is 0. The van der Waals surface area contributed by atoms with Gasteiger partial charge in [-0.05, 0) is 19.1 Å². The molecule has 108 valence electrons. The lowest BCUT2D eigenvalue weighted by Crippen LogP contribution is -2.41. The maximum atomic E-state index is 12.6. The first-order chi connectivity index (χ1) is 9.40. The summed E-state index contributed by atoms with van der Waals surface area (Å²) in [5.74, 6) is -4.12. The van der Waals surface area contributed by atoms with E-state index in [0.717, 1.165) is 0 Å². The topological polar surface area (TPSA) is 80.3 Å². The predicted molar refractivity (Wildman–Crippen MR) is 63.7 cm³/mol. The lowest BCUT2D eigenvalue weighted by Gasteiger charge is -2.13. The van der Waals surface area contributed by atoms with E-state index < -0.39 is 29.9 Å². The number of carbonyl (C=O) groups is 2. The summed E-state index contributed by atoms with van der Waals surface area (Å²) in [6.45, 7) is 1.35.